The Morgan fingerprint density at radius 3 is 2.94 bits per heavy atom. The van der Waals surface area contributed by atoms with Gasteiger partial charge in [0.25, 0.3) is 5.91 Å². The first-order valence-electron chi connectivity index (χ1n) is 5.26. The van der Waals surface area contributed by atoms with E-state index in [1.165, 1.54) is 11.3 Å². The van der Waals surface area contributed by atoms with Gasteiger partial charge < -0.3 is 9.64 Å². The molecule has 1 fully saturated rings. The molecule has 0 unspecified atom stereocenters. The predicted octanol–water partition coefficient (Wildman–Crippen LogP) is 2.65. The van der Waals surface area contributed by atoms with Crippen LogP contribution in [0, 0.1) is 0 Å². The van der Waals surface area contributed by atoms with E-state index in [0.29, 0.717) is 22.4 Å². The molecule has 0 bridgehead atoms. The van der Waals surface area contributed by atoms with Crippen molar-refractivity contribution in [2.24, 2.45) is 0 Å². The summed E-state index contributed by atoms with van der Waals surface area (Å²) >= 11 is 7.16. The van der Waals surface area contributed by atoms with Crippen LogP contribution in [0.2, 0.25) is 4.34 Å². The number of rotatable bonds is 1. The van der Waals surface area contributed by atoms with Crippen LogP contribution in [0.15, 0.2) is 12.1 Å². The van der Waals surface area contributed by atoms with E-state index in [-0.39, 0.29) is 18.1 Å². The molecule has 0 radical (unpaired) electrons. The van der Waals surface area contributed by atoms with Gasteiger partial charge in [0.05, 0.1) is 28.0 Å². The molecule has 0 aromatic carbocycles. The number of hydrogen-bond acceptors (Lipinski definition) is 3. The molecule has 16 heavy (non-hydrogen) atoms. The zero-order valence-corrected chi connectivity index (χ0v) is 10.8. The number of ether oxygens (including phenoxy) is 1. The summed E-state index contributed by atoms with van der Waals surface area (Å²) in [6.45, 7) is 5.23. The minimum atomic E-state index is 0.0551. The highest BCUT2D eigenvalue weighted by atomic mass is 35.5. The topological polar surface area (TPSA) is 29.5 Å². The van der Waals surface area contributed by atoms with E-state index >= 15 is 0 Å². The van der Waals surface area contributed by atoms with Crippen molar-refractivity contribution in [2.45, 2.75) is 26.0 Å². The van der Waals surface area contributed by atoms with Crippen LogP contribution < -0.4 is 0 Å². The number of halogens is 1. The molecule has 1 aliphatic rings. The summed E-state index contributed by atoms with van der Waals surface area (Å²) < 4.78 is 6.15. The molecule has 88 valence electrons. The van der Waals surface area contributed by atoms with Crippen LogP contribution in [0.3, 0.4) is 0 Å². The highest BCUT2D eigenvalue weighted by Gasteiger charge is 2.28. The standard InChI is InChI=1S/C11H14ClNO2S/c1-7-6-15-8(2)5-13(7)11(14)9-3-4-10(12)16-9/h3-4,7-8H,5-6H2,1-2H3/t7-,8-/m1/s1. The molecule has 1 aromatic heterocycles. The van der Waals surface area contributed by atoms with Gasteiger partial charge in [-0.1, -0.05) is 11.6 Å². The maximum Gasteiger partial charge on any atom is 0.264 e. The van der Waals surface area contributed by atoms with E-state index in [9.17, 15) is 4.79 Å². The molecular weight excluding hydrogens is 246 g/mol. The fourth-order valence-corrected chi connectivity index (χ4v) is 2.76. The largest absolute Gasteiger partial charge is 0.375 e. The molecule has 0 N–H and O–H groups in total. The zero-order valence-electron chi connectivity index (χ0n) is 9.27. The van der Waals surface area contributed by atoms with Crippen molar-refractivity contribution in [3.63, 3.8) is 0 Å². The lowest BCUT2D eigenvalue weighted by Gasteiger charge is -2.36. The minimum Gasteiger partial charge on any atom is -0.375 e. The van der Waals surface area contributed by atoms with Crippen molar-refractivity contribution in [3.8, 4) is 0 Å². The predicted molar refractivity (Wildman–Crippen MR) is 65.2 cm³/mol. The third kappa shape index (κ3) is 2.39. The number of amides is 1. The van der Waals surface area contributed by atoms with Crippen molar-refractivity contribution in [1.29, 1.82) is 0 Å². The SMILES string of the molecule is C[C@@H]1CN(C(=O)c2ccc(Cl)s2)[C@H](C)CO1. The molecule has 0 saturated carbocycles. The number of nitrogens with zero attached hydrogens (tertiary/aromatic N) is 1. The molecular formula is C11H14ClNO2S. The average molecular weight is 260 g/mol. The van der Waals surface area contributed by atoms with Gasteiger partial charge in [-0.15, -0.1) is 11.3 Å². The Kier molecular flexibility index (Phi) is 3.52. The van der Waals surface area contributed by atoms with Crippen LogP contribution >= 0.6 is 22.9 Å². The van der Waals surface area contributed by atoms with Crippen LogP contribution in [0.25, 0.3) is 0 Å². The van der Waals surface area contributed by atoms with E-state index < -0.39 is 0 Å². The molecule has 0 spiro atoms. The first-order chi connectivity index (χ1) is 7.58. The van der Waals surface area contributed by atoms with Gasteiger partial charge in [-0.25, -0.2) is 0 Å². The number of carbonyl (C=O) groups excluding carboxylic acids is 1. The van der Waals surface area contributed by atoms with E-state index in [2.05, 4.69) is 0 Å². The van der Waals surface area contributed by atoms with Crippen molar-refractivity contribution >= 4 is 28.8 Å². The zero-order chi connectivity index (χ0) is 11.7. The maximum atomic E-state index is 12.2. The van der Waals surface area contributed by atoms with Gasteiger partial charge in [0.1, 0.15) is 0 Å². The van der Waals surface area contributed by atoms with Gasteiger partial charge in [0.2, 0.25) is 0 Å². The van der Waals surface area contributed by atoms with Gasteiger partial charge in [-0.05, 0) is 26.0 Å². The third-order valence-corrected chi connectivity index (χ3v) is 3.87. The summed E-state index contributed by atoms with van der Waals surface area (Å²) in [6, 6.07) is 3.67. The molecule has 3 nitrogen and oxygen atoms in total. The normalized spacial score (nSPS) is 25.8. The molecule has 1 amide bonds. The summed E-state index contributed by atoms with van der Waals surface area (Å²) in [5, 5.41) is 0. The van der Waals surface area contributed by atoms with Gasteiger partial charge >= 0.3 is 0 Å². The number of morpholine rings is 1. The highest BCUT2D eigenvalue weighted by Crippen LogP contribution is 2.24. The Morgan fingerprint density at radius 1 is 1.56 bits per heavy atom. The number of thiophene rings is 1. The summed E-state index contributed by atoms with van der Waals surface area (Å²) in [4.78, 5) is 14.7. The fraction of sp³-hybridized carbons (Fsp3) is 0.545. The second-order valence-corrected chi connectivity index (χ2v) is 5.77. The first-order valence-corrected chi connectivity index (χ1v) is 6.45. The molecule has 1 aliphatic heterocycles. The molecule has 5 heteroatoms. The second-order valence-electron chi connectivity index (χ2n) is 4.05. The molecule has 2 rings (SSSR count). The Hall–Kier alpha value is -0.580. The Bertz CT molecular complexity index is 393. The lowest BCUT2D eigenvalue weighted by molar-refractivity contribution is -0.0385. The Balaban J connectivity index is 2.14. The van der Waals surface area contributed by atoms with Crippen molar-refractivity contribution in [2.75, 3.05) is 13.2 Å². The number of carbonyl (C=O) groups is 1. The van der Waals surface area contributed by atoms with E-state index in [1.54, 1.807) is 12.1 Å². The monoisotopic (exact) mass is 259 g/mol. The average Bonchev–Trinajstić information content (AvgIpc) is 2.67. The Morgan fingerprint density at radius 2 is 2.31 bits per heavy atom. The lowest BCUT2D eigenvalue weighted by Crippen LogP contribution is -2.50. The van der Waals surface area contributed by atoms with E-state index in [1.807, 2.05) is 18.7 Å². The Labute approximate surface area is 104 Å². The van der Waals surface area contributed by atoms with E-state index in [4.69, 9.17) is 16.3 Å². The molecule has 2 heterocycles. The highest BCUT2D eigenvalue weighted by molar-refractivity contribution is 7.17. The smallest absolute Gasteiger partial charge is 0.264 e. The van der Waals surface area contributed by atoms with Crippen LogP contribution in [0.4, 0.5) is 0 Å². The molecule has 1 aromatic rings. The van der Waals surface area contributed by atoms with Crippen molar-refractivity contribution in [3.05, 3.63) is 21.3 Å². The first kappa shape index (κ1) is 11.9. The van der Waals surface area contributed by atoms with Crippen molar-refractivity contribution < 1.29 is 9.53 Å². The quantitative estimate of drug-likeness (QED) is 0.776. The summed E-state index contributed by atoms with van der Waals surface area (Å²) in [5.74, 6) is 0.0551. The van der Waals surface area contributed by atoms with Gasteiger partial charge in [0, 0.05) is 6.54 Å². The van der Waals surface area contributed by atoms with Crippen LogP contribution in [0.1, 0.15) is 23.5 Å². The molecule has 2 atom stereocenters. The summed E-state index contributed by atoms with van der Waals surface area (Å²) in [7, 11) is 0. The summed E-state index contributed by atoms with van der Waals surface area (Å²) in [5.41, 5.74) is 0. The third-order valence-electron chi connectivity index (χ3n) is 2.65. The lowest BCUT2D eigenvalue weighted by atomic mass is 10.2. The van der Waals surface area contributed by atoms with E-state index in [0.717, 1.165) is 0 Å². The van der Waals surface area contributed by atoms with Crippen LogP contribution in [-0.2, 0) is 4.74 Å². The second kappa shape index (κ2) is 4.73. The molecule has 0 aliphatic carbocycles. The molecule has 1 saturated heterocycles. The van der Waals surface area contributed by atoms with Crippen molar-refractivity contribution in [1.82, 2.24) is 4.90 Å². The van der Waals surface area contributed by atoms with Crippen LogP contribution in [-0.4, -0.2) is 36.1 Å². The van der Waals surface area contributed by atoms with Gasteiger partial charge in [-0.3, -0.25) is 4.79 Å². The minimum absolute atomic E-state index is 0.0551. The summed E-state index contributed by atoms with van der Waals surface area (Å²) in [6.07, 6.45) is 0.107. The number of hydrogen-bond donors (Lipinski definition) is 0. The fourth-order valence-electron chi connectivity index (χ4n) is 1.76. The van der Waals surface area contributed by atoms with Crippen LogP contribution in [0.5, 0.6) is 0 Å². The maximum absolute atomic E-state index is 12.2. The van der Waals surface area contributed by atoms with Gasteiger partial charge in [-0.2, -0.15) is 0 Å². The van der Waals surface area contributed by atoms with Gasteiger partial charge in [0.15, 0.2) is 0 Å².